The highest BCUT2D eigenvalue weighted by atomic mass is 19.1. The molecule has 0 aliphatic carbocycles. The van der Waals surface area contributed by atoms with Gasteiger partial charge in [0.15, 0.2) is 11.6 Å². The Kier molecular flexibility index (Phi) is 5.15. The van der Waals surface area contributed by atoms with Crippen LogP contribution >= 0.6 is 0 Å². The van der Waals surface area contributed by atoms with Crippen molar-refractivity contribution in [2.45, 2.75) is 6.61 Å². The molecule has 4 heterocycles. The normalized spacial score (nSPS) is 10.6. The minimum atomic E-state index is -0.730. The van der Waals surface area contributed by atoms with Crippen molar-refractivity contribution in [3.63, 3.8) is 0 Å². The molecule has 0 bridgehead atoms. The zero-order valence-electron chi connectivity index (χ0n) is 16.4. The summed E-state index contributed by atoms with van der Waals surface area (Å²) in [6, 6.07) is 5.28. The fourth-order valence-corrected chi connectivity index (χ4v) is 3.00. The van der Waals surface area contributed by atoms with E-state index in [2.05, 4.69) is 31.9 Å². The number of ether oxygens (including phenoxy) is 1. The summed E-state index contributed by atoms with van der Waals surface area (Å²) in [4.78, 5) is 22.7. The molecule has 10 heteroatoms. The summed E-state index contributed by atoms with van der Waals surface area (Å²) in [5.41, 5.74) is 2.47. The Morgan fingerprint density at radius 3 is 3.00 bits per heavy atom. The molecule has 0 spiro atoms. The van der Waals surface area contributed by atoms with Crippen molar-refractivity contribution in [2.75, 3.05) is 5.32 Å². The molecule has 4 rings (SSSR count). The molecule has 0 atom stereocenters. The second kappa shape index (κ2) is 8.08. The minimum absolute atomic E-state index is 0.159. The largest absolute Gasteiger partial charge is 0.487 e. The Bertz CT molecular complexity index is 1350. The van der Waals surface area contributed by atoms with Crippen LogP contribution < -0.4 is 10.1 Å². The van der Waals surface area contributed by atoms with Crippen LogP contribution in [0.5, 0.6) is 5.75 Å². The predicted octanol–water partition coefficient (Wildman–Crippen LogP) is 3.07. The Morgan fingerprint density at radius 1 is 1.45 bits per heavy atom. The number of nitrogens with zero attached hydrogens (tertiary/aromatic N) is 5. The average Bonchev–Trinajstić information content (AvgIpc) is 3.40. The number of carbonyl (C=O) groups excluding carboxylic acids is 1. The number of aromatic nitrogens is 5. The monoisotopic (exact) mass is 417 g/mol. The predicted molar refractivity (Wildman–Crippen MR) is 110 cm³/mol. The Labute approximate surface area is 175 Å². The van der Waals surface area contributed by atoms with Gasteiger partial charge in [0.05, 0.1) is 23.5 Å². The van der Waals surface area contributed by atoms with Gasteiger partial charge in [0.1, 0.15) is 29.6 Å². The van der Waals surface area contributed by atoms with E-state index < -0.39 is 11.7 Å². The van der Waals surface area contributed by atoms with Crippen molar-refractivity contribution >= 4 is 22.8 Å². The maximum Gasteiger partial charge on any atom is 0.248 e. The van der Waals surface area contributed by atoms with Crippen molar-refractivity contribution in [3.05, 3.63) is 66.5 Å². The van der Waals surface area contributed by atoms with Crippen LogP contribution in [0.1, 0.15) is 11.1 Å². The number of fused-ring (bicyclic) bond motifs is 1. The summed E-state index contributed by atoms with van der Waals surface area (Å²) in [6.07, 6.45) is 7.29. The van der Waals surface area contributed by atoms with Crippen molar-refractivity contribution in [1.82, 2.24) is 24.7 Å². The van der Waals surface area contributed by atoms with Crippen LogP contribution in [0, 0.1) is 17.1 Å². The number of aryl methyl sites for hydroxylation is 1. The van der Waals surface area contributed by atoms with E-state index in [4.69, 9.17) is 4.74 Å². The summed E-state index contributed by atoms with van der Waals surface area (Å²) < 4.78 is 22.2. The standard InChI is InChI=1S/C21H16FN7O2/c1-3-17(30)28-21-18(22)12(4-5-24-21)11-31-19-13(7-23)8-25-20-15(19)6-16(27-20)14-9-26-29(2)10-14/h3-6,8-10H,1,11H2,2H3,(H,25,27)(H,24,28,30). The first-order chi connectivity index (χ1) is 15.0. The SMILES string of the molecule is C=CC(=O)Nc1nccc(COc2c(C#N)cnc3[nH]c(-c4cnn(C)c4)cc23)c1F. The number of carbonyl (C=O) groups is 1. The second-order valence-corrected chi connectivity index (χ2v) is 6.58. The van der Waals surface area contributed by atoms with Crippen LogP contribution in [0.2, 0.25) is 0 Å². The van der Waals surface area contributed by atoms with E-state index in [9.17, 15) is 14.4 Å². The van der Waals surface area contributed by atoms with Gasteiger partial charge in [0.2, 0.25) is 5.91 Å². The smallest absolute Gasteiger partial charge is 0.248 e. The molecule has 0 fully saturated rings. The molecular weight excluding hydrogens is 401 g/mol. The molecule has 0 saturated heterocycles. The fraction of sp³-hybridized carbons (Fsp3) is 0.0952. The van der Waals surface area contributed by atoms with Crippen LogP contribution in [0.4, 0.5) is 10.2 Å². The summed E-state index contributed by atoms with van der Waals surface area (Å²) in [7, 11) is 1.81. The highest BCUT2D eigenvalue weighted by molar-refractivity contribution is 5.98. The number of rotatable bonds is 6. The van der Waals surface area contributed by atoms with E-state index >= 15 is 0 Å². The molecule has 4 aromatic heterocycles. The molecular formula is C21H16FN7O2. The van der Waals surface area contributed by atoms with Crippen molar-refractivity contribution in [1.29, 1.82) is 5.26 Å². The first-order valence-corrected chi connectivity index (χ1v) is 9.10. The van der Waals surface area contributed by atoms with Gasteiger partial charge in [-0.25, -0.2) is 14.4 Å². The van der Waals surface area contributed by atoms with E-state index in [1.165, 1.54) is 18.5 Å². The average molecular weight is 417 g/mol. The lowest BCUT2D eigenvalue weighted by Crippen LogP contribution is -2.12. The third kappa shape index (κ3) is 3.84. The molecule has 4 aromatic rings. The van der Waals surface area contributed by atoms with Gasteiger partial charge in [-0.1, -0.05) is 6.58 Å². The summed E-state index contributed by atoms with van der Waals surface area (Å²) in [6.45, 7) is 3.14. The van der Waals surface area contributed by atoms with Gasteiger partial charge in [-0.05, 0) is 18.2 Å². The lowest BCUT2D eigenvalue weighted by molar-refractivity contribution is -0.111. The van der Waals surface area contributed by atoms with Crippen LogP contribution in [0.15, 0.2) is 49.6 Å². The molecule has 31 heavy (non-hydrogen) atoms. The lowest BCUT2D eigenvalue weighted by Gasteiger charge is -2.11. The number of amides is 1. The quantitative estimate of drug-likeness (QED) is 0.465. The van der Waals surface area contributed by atoms with Gasteiger partial charge >= 0.3 is 0 Å². The van der Waals surface area contributed by atoms with Crippen molar-refractivity contribution in [2.24, 2.45) is 7.05 Å². The van der Waals surface area contributed by atoms with Crippen LogP contribution in [-0.4, -0.2) is 30.6 Å². The maximum atomic E-state index is 14.7. The van der Waals surface area contributed by atoms with Crippen LogP contribution in [0.25, 0.3) is 22.3 Å². The number of hydrogen-bond acceptors (Lipinski definition) is 6. The summed E-state index contributed by atoms with van der Waals surface area (Å²) >= 11 is 0. The van der Waals surface area contributed by atoms with Gasteiger partial charge < -0.3 is 15.0 Å². The zero-order chi connectivity index (χ0) is 22.0. The topological polar surface area (TPSA) is 122 Å². The molecule has 0 aliphatic rings. The zero-order valence-corrected chi connectivity index (χ0v) is 16.4. The second-order valence-electron chi connectivity index (χ2n) is 6.58. The van der Waals surface area contributed by atoms with Gasteiger partial charge in [-0.2, -0.15) is 10.4 Å². The first kappa shape index (κ1) is 19.8. The molecule has 9 nitrogen and oxygen atoms in total. The first-order valence-electron chi connectivity index (χ1n) is 9.10. The highest BCUT2D eigenvalue weighted by Gasteiger charge is 2.17. The van der Waals surface area contributed by atoms with Crippen LogP contribution in [-0.2, 0) is 18.4 Å². The third-order valence-corrected chi connectivity index (χ3v) is 4.51. The third-order valence-electron chi connectivity index (χ3n) is 4.51. The molecule has 0 saturated carbocycles. The highest BCUT2D eigenvalue weighted by Crippen LogP contribution is 2.32. The summed E-state index contributed by atoms with van der Waals surface area (Å²) in [5.74, 6) is -1.27. The summed E-state index contributed by atoms with van der Waals surface area (Å²) in [5, 5.41) is 16.5. The lowest BCUT2D eigenvalue weighted by atomic mass is 10.2. The molecule has 0 aromatic carbocycles. The van der Waals surface area contributed by atoms with Gasteiger partial charge in [0.25, 0.3) is 0 Å². The number of aromatic amines is 1. The number of halogens is 1. The Morgan fingerprint density at radius 2 is 2.29 bits per heavy atom. The van der Waals surface area contributed by atoms with Crippen molar-refractivity contribution < 1.29 is 13.9 Å². The Balaban J connectivity index is 1.68. The van der Waals surface area contributed by atoms with E-state index in [1.54, 1.807) is 16.9 Å². The fourth-order valence-electron chi connectivity index (χ4n) is 3.00. The molecule has 2 N–H and O–H groups in total. The number of pyridine rings is 2. The minimum Gasteiger partial charge on any atom is -0.487 e. The van der Waals surface area contributed by atoms with Gasteiger partial charge in [-0.15, -0.1) is 0 Å². The molecule has 0 aliphatic heterocycles. The number of nitrogens with one attached hydrogen (secondary N) is 2. The van der Waals surface area contributed by atoms with Crippen molar-refractivity contribution in [3.8, 4) is 23.1 Å². The number of anilines is 1. The van der Waals surface area contributed by atoms with Gasteiger partial charge in [-0.3, -0.25) is 9.48 Å². The Hall–Kier alpha value is -4.52. The number of hydrogen-bond donors (Lipinski definition) is 2. The van der Waals surface area contributed by atoms with E-state index in [1.807, 2.05) is 19.3 Å². The van der Waals surface area contributed by atoms with Crippen LogP contribution in [0.3, 0.4) is 0 Å². The molecule has 0 unspecified atom stereocenters. The molecule has 1 amide bonds. The number of H-pyrrole nitrogens is 1. The molecule has 154 valence electrons. The van der Waals surface area contributed by atoms with Gasteiger partial charge in [0, 0.05) is 30.6 Å². The van der Waals surface area contributed by atoms with E-state index in [0.29, 0.717) is 11.0 Å². The number of nitriles is 1. The maximum absolute atomic E-state index is 14.7. The van der Waals surface area contributed by atoms with E-state index in [0.717, 1.165) is 17.3 Å². The molecule has 0 radical (unpaired) electrons. The van der Waals surface area contributed by atoms with E-state index in [-0.39, 0.29) is 29.3 Å².